The minimum Gasteiger partial charge on any atom is -0.508 e. The summed E-state index contributed by atoms with van der Waals surface area (Å²) < 4.78 is 5.33. The maximum Gasteiger partial charge on any atom is 0.306 e. The maximum absolute atomic E-state index is 12.0. The quantitative estimate of drug-likeness (QED) is 0.247. The number of β-amino-alcohol motifs (C(OH)–C–C–N with tert-alkyl or cyclic N) is 1. The molecular weight excluding hydrogens is 378 g/mol. The van der Waals surface area contributed by atoms with Crippen LogP contribution in [0.5, 0.6) is 5.75 Å². The molecule has 0 fully saturated rings. The predicted octanol–water partition coefficient (Wildman–Crippen LogP) is 5.78. The predicted molar refractivity (Wildman–Crippen MR) is 122 cm³/mol. The van der Waals surface area contributed by atoms with Crippen LogP contribution in [0, 0.1) is 0 Å². The van der Waals surface area contributed by atoms with Crippen molar-refractivity contribution in [3.8, 4) is 5.75 Å². The van der Waals surface area contributed by atoms with E-state index in [0.29, 0.717) is 24.1 Å². The van der Waals surface area contributed by atoms with Gasteiger partial charge >= 0.3 is 5.97 Å². The third kappa shape index (κ3) is 12.2. The first-order chi connectivity index (χ1) is 14.2. The molecule has 0 bridgehead atoms. The molecule has 3 N–H and O–H groups in total. The lowest BCUT2D eigenvalue weighted by molar-refractivity contribution is -0.145. The van der Waals surface area contributed by atoms with Crippen molar-refractivity contribution in [2.75, 3.05) is 6.54 Å². The molecule has 1 aromatic carbocycles. The number of carbonyl (C=O) groups is 1. The number of hydrogen-bond donors (Lipinski definition) is 3. The third-order valence-electron chi connectivity index (χ3n) is 5.19. The average molecular weight is 422 g/mol. The van der Waals surface area contributed by atoms with Crippen molar-refractivity contribution in [2.24, 2.45) is 0 Å². The van der Waals surface area contributed by atoms with Crippen LogP contribution in [0.1, 0.15) is 109 Å². The molecular formula is C25H43NO4. The van der Waals surface area contributed by atoms with Crippen molar-refractivity contribution >= 4 is 5.97 Å². The molecule has 0 aliphatic rings. The fraction of sp³-hybridized carbons (Fsp3) is 0.720. The van der Waals surface area contributed by atoms with Gasteiger partial charge in [0.25, 0.3) is 0 Å². The van der Waals surface area contributed by atoms with Gasteiger partial charge in [0.1, 0.15) is 12.4 Å². The van der Waals surface area contributed by atoms with E-state index in [4.69, 9.17) is 4.74 Å². The van der Waals surface area contributed by atoms with Crippen molar-refractivity contribution in [1.82, 2.24) is 5.32 Å². The lowest BCUT2D eigenvalue weighted by Gasteiger charge is -2.23. The van der Waals surface area contributed by atoms with Crippen LogP contribution in [0.15, 0.2) is 18.2 Å². The molecule has 0 radical (unpaired) electrons. The summed E-state index contributed by atoms with van der Waals surface area (Å²) in [4.78, 5) is 12.0. The Labute approximate surface area is 183 Å². The zero-order valence-corrected chi connectivity index (χ0v) is 19.5. The van der Waals surface area contributed by atoms with E-state index in [-0.39, 0.29) is 23.9 Å². The van der Waals surface area contributed by atoms with Gasteiger partial charge in [-0.1, -0.05) is 64.4 Å². The third-order valence-corrected chi connectivity index (χ3v) is 5.19. The van der Waals surface area contributed by atoms with E-state index < -0.39 is 6.10 Å². The molecule has 0 heterocycles. The highest BCUT2D eigenvalue weighted by molar-refractivity contribution is 5.69. The molecule has 0 saturated heterocycles. The highest BCUT2D eigenvalue weighted by atomic mass is 16.5. The molecule has 1 rings (SSSR count). The van der Waals surface area contributed by atoms with Crippen LogP contribution in [0.4, 0.5) is 0 Å². The monoisotopic (exact) mass is 421 g/mol. The SMILES string of the molecule is CCCCCCCCCCCC(=O)OCc1cc(C(O)CNC(C)(C)C)ccc1O. The Morgan fingerprint density at radius 2 is 1.63 bits per heavy atom. The summed E-state index contributed by atoms with van der Waals surface area (Å²) in [6.07, 6.45) is 10.6. The molecule has 0 aromatic heterocycles. The smallest absolute Gasteiger partial charge is 0.306 e. The number of aromatic hydroxyl groups is 1. The van der Waals surface area contributed by atoms with Gasteiger partial charge < -0.3 is 20.3 Å². The number of benzene rings is 1. The van der Waals surface area contributed by atoms with Crippen molar-refractivity contribution < 1.29 is 19.7 Å². The van der Waals surface area contributed by atoms with E-state index in [1.54, 1.807) is 18.2 Å². The number of esters is 1. The second-order valence-electron chi connectivity index (χ2n) is 9.27. The Morgan fingerprint density at radius 3 is 2.23 bits per heavy atom. The molecule has 172 valence electrons. The lowest BCUT2D eigenvalue weighted by Crippen LogP contribution is -2.38. The second kappa shape index (κ2) is 14.4. The van der Waals surface area contributed by atoms with Gasteiger partial charge in [-0.2, -0.15) is 0 Å². The number of phenolic OH excluding ortho intramolecular Hbond substituents is 1. The first kappa shape index (κ1) is 26.4. The Morgan fingerprint density at radius 1 is 1.03 bits per heavy atom. The normalized spacial score (nSPS) is 12.7. The van der Waals surface area contributed by atoms with Crippen molar-refractivity contribution in [1.29, 1.82) is 0 Å². The number of rotatable bonds is 15. The Bertz CT molecular complexity index is 610. The number of ether oxygens (including phenoxy) is 1. The number of hydrogen-bond acceptors (Lipinski definition) is 5. The number of phenols is 1. The number of carbonyl (C=O) groups excluding carboxylic acids is 1. The largest absolute Gasteiger partial charge is 0.508 e. The zero-order valence-electron chi connectivity index (χ0n) is 19.5. The summed E-state index contributed by atoms with van der Waals surface area (Å²) in [5.41, 5.74) is 1.11. The van der Waals surface area contributed by atoms with Crippen LogP contribution in [0.2, 0.25) is 0 Å². The summed E-state index contributed by atoms with van der Waals surface area (Å²) in [6.45, 7) is 8.77. The molecule has 0 spiro atoms. The second-order valence-corrected chi connectivity index (χ2v) is 9.27. The molecule has 5 heteroatoms. The van der Waals surface area contributed by atoms with Crippen LogP contribution in [-0.2, 0) is 16.1 Å². The summed E-state index contributed by atoms with van der Waals surface area (Å²) >= 11 is 0. The van der Waals surface area contributed by atoms with Gasteiger partial charge in [-0.3, -0.25) is 4.79 Å². The van der Waals surface area contributed by atoms with Gasteiger partial charge in [0, 0.05) is 24.1 Å². The molecule has 0 amide bonds. The van der Waals surface area contributed by atoms with E-state index in [2.05, 4.69) is 12.2 Å². The van der Waals surface area contributed by atoms with E-state index in [9.17, 15) is 15.0 Å². The van der Waals surface area contributed by atoms with Gasteiger partial charge in [0.05, 0.1) is 6.10 Å². The minimum atomic E-state index is -0.693. The van der Waals surface area contributed by atoms with Gasteiger partial charge in [0.2, 0.25) is 0 Å². The molecule has 0 aliphatic carbocycles. The molecule has 1 atom stereocenters. The van der Waals surface area contributed by atoms with Crippen LogP contribution >= 0.6 is 0 Å². The lowest BCUT2D eigenvalue weighted by atomic mass is 10.0. The van der Waals surface area contributed by atoms with E-state index in [0.717, 1.165) is 12.8 Å². The van der Waals surface area contributed by atoms with E-state index in [1.807, 2.05) is 20.8 Å². The summed E-state index contributed by atoms with van der Waals surface area (Å²) in [6, 6.07) is 4.94. The minimum absolute atomic E-state index is 0.0232. The fourth-order valence-electron chi connectivity index (χ4n) is 3.26. The highest BCUT2D eigenvalue weighted by Crippen LogP contribution is 2.24. The Kier molecular flexibility index (Phi) is 12.7. The molecule has 1 aromatic rings. The summed E-state index contributed by atoms with van der Waals surface area (Å²) in [5, 5.41) is 23.7. The molecule has 0 aliphatic heterocycles. The first-order valence-electron chi connectivity index (χ1n) is 11.6. The van der Waals surface area contributed by atoms with Crippen molar-refractivity contribution in [2.45, 2.75) is 110 Å². The number of aliphatic hydroxyl groups is 1. The van der Waals surface area contributed by atoms with Crippen molar-refractivity contribution in [3.63, 3.8) is 0 Å². The summed E-state index contributed by atoms with van der Waals surface area (Å²) in [7, 11) is 0. The number of aliphatic hydroxyl groups excluding tert-OH is 1. The Hall–Kier alpha value is -1.59. The van der Waals surface area contributed by atoms with Crippen molar-refractivity contribution in [3.05, 3.63) is 29.3 Å². The molecule has 1 unspecified atom stereocenters. The highest BCUT2D eigenvalue weighted by Gasteiger charge is 2.15. The van der Waals surface area contributed by atoms with Gasteiger partial charge in [-0.25, -0.2) is 0 Å². The van der Waals surface area contributed by atoms with Gasteiger partial charge in [-0.05, 0) is 44.9 Å². The number of nitrogens with one attached hydrogen (secondary N) is 1. The van der Waals surface area contributed by atoms with Crippen LogP contribution < -0.4 is 5.32 Å². The first-order valence-corrected chi connectivity index (χ1v) is 11.6. The van der Waals surface area contributed by atoms with Gasteiger partial charge in [0.15, 0.2) is 0 Å². The van der Waals surface area contributed by atoms with Crippen LogP contribution in [0.3, 0.4) is 0 Å². The molecule has 30 heavy (non-hydrogen) atoms. The molecule has 5 nitrogen and oxygen atoms in total. The standard InChI is InChI=1S/C25H43NO4/c1-5-6-7-8-9-10-11-12-13-14-24(29)30-19-21-17-20(15-16-22(21)27)23(28)18-26-25(2,3)4/h15-17,23,26-28H,5-14,18-19H2,1-4H3. The van der Waals surface area contributed by atoms with Gasteiger partial charge in [-0.15, -0.1) is 0 Å². The number of unbranched alkanes of at least 4 members (excludes halogenated alkanes) is 8. The fourth-order valence-corrected chi connectivity index (χ4v) is 3.26. The van der Waals surface area contributed by atoms with E-state index >= 15 is 0 Å². The molecule has 0 saturated carbocycles. The van der Waals surface area contributed by atoms with Crippen LogP contribution in [0.25, 0.3) is 0 Å². The summed E-state index contributed by atoms with van der Waals surface area (Å²) in [5.74, 6) is -0.164. The van der Waals surface area contributed by atoms with Crippen LogP contribution in [-0.4, -0.2) is 28.3 Å². The average Bonchev–Trinajstić information content (AvgIpc) is 2.69. The topological polar surface area (TPSA) is 78.8 Å². The van der Waals surface area contributed by atoms with E-state index in [1.165, 1.54) is 44.9 Å². The maximum atomic E-state index is 12.0. The Balaban J connectivity index is 2.30. The zero-order chi connectivity index (χ0) is 22.4.